The van der Waals surface area contributed by atoms with Gasteiger partial charge in [-0.25, -0.2) is 0 Å². The van der Waals surface area contributed by atoms with Crippen LogP contribution < -0.4 is 0 Å². The van der Waals surface area contributed by atoms with Crippen LogP contribution in [0, 0.1) is 23.8 Å². The minimum atomic E-state index is -0.443. The largest absolute Gasteiger partial charge is 0.392 e. The maximum atomic E-state index is 9.76. The quantitative estimate of drug-likeness (QED) is 0.556. The summed E-state index contributed by atoms with van der Waals surface area (Å²) in [7, 11) is 0. The Morgan fingerprint density at radius 1 is 0.926 bits per heavy atom. The van der Waals surface area contributed by atoms with Crippen molar-refractivity contribution in [2.45, 2.75) is 67.1 Å². The summed E-state index contributed by atoms with van der Waals surface area (Å²) >= 11 is 0. The fraction of sp³-hybridized carbons (Fsp3) is 0.545. The number of hydrogen-bond acceptors (Lipinski definition) is 4. The number of aryl methyl sites for hydroxylation is 1. The average molecular weight is 550 g/mol. The first-order valence-corrected chi connectivity index (χ1v) is 9.03. The van der Waals surface area contributed by atoms with Gasteiger partial charge >= 0.3 is 0 Å². The molecule has 0 aliphatic carbocycles. The predicted molar refractivity (Wildman–Crippen MR) is 107 cm³/mol. The molecule has 0 saturated carbocycles. The second kappa shape index (κ2) is 11.0. The Balaban J connectivity index is 0.000000483. The molecule has 1 aromatic carbocycles. The van der Waals surface area contributed by atoms with Gasteiger partial charge in [0.05, 0.1) is 12.2 Å². The van der Waals surface area contributed by atoms with Gasteiger partial charge in [-0.1, -0.05) is 41.5 Å². The van der Waals surface area contributed by atoms with Crippen LogP contribution in [0.2, 0.25) is 0 Å². The first-order valence-electron chi connectivity index (χ1n) is 9.03. The molecule has 2 aromatic rings. The Morgan fingerprint density at radius 2 is 1.44 bits per heavy atom. The number of hydrogen-bond donors (Lipinski definition) is 2. The molecule has 27 heavy (non-hydrogen) atoms. The van der Waals surface area contributed by atoms with Crippen molar-refractivity contribution in [1.29, 1.82) is 0 Å². The summed E-state index contributed by atoms with van der Waals surface area (Å²) in [6.45, 7) is 13.8. The normalized spacial score (nSPS) is 13.7. The summed E-state index contributed by atoms with van der Waals surface area (Å²) in [5.41, 5.74) is 2.54. The van der Waals surface area contributed by atoms with E-state index in [2.05, 4.69) is 16.0 Å². The van der Waals surface area contributed by atoms with Gasteiger partial charge < -0.3 is 15.2 Å². The first kappa shape index (κ1) is 25.9. The molecule has 0 bridgehead atoms. The van der Waals surface area contributed by atoms with Crippen LogP contribution in [0.15, 0.2) is 36.7 Å². The topological polar surface area (TPSA) is 66.2 Å². The SMILES string of the molecule is CC(C)(C)C(O)CC(O)C(C)(C)C.Cc1nccnc1-c1[c-]cccc1.[Ir]. The second-order valence-corrected chi connectivity index (χ2v) is 8.77. The maximum Gasteiger partial charge on any atom is 0.0613 e. The van der Waals surface area contributed by atoms with Crippen LogP contribution in [0.25, 0.3) is 11.3 Å². The van der Waals surface area contributed by atoms with Gasteiger partial charge in [0, 0.05) is 50.3 Å². The van der Waals surface area contributed by atoms with E-state index < -0.39 is 12.2 Å². The van der Waals surface area contributed by atoms with Crippen molar-refractivity contribution in [3.05, 3.63) is 48.4 Å². The van der Waals surface area contributed by atoms with E-state index in [4.69, 9.17) is 0 Å². The summed E-state index contributed by atoms with van der Waals surface area (Å²) in [5, 5.41) is 19.5. The third kappa shape index (κ3) is 9.07. The number of aromatic nitrogens is 2. The van der Waals surface area contributed by atoms with Crippen LogP contribution in [-0.4, -0.2) is 32.4 Å². The first-order chi connectivity index (χ1) is 11.9. The zero-order chi connectivity index (χ0) is 20.0. The molecule has 0 fully saturated rings. The van der Waals surface area contributed by atoms with Gasteiger partial charge in [-0.05, 0) is 17.8 Å². The Hall–Kier alpha value is -1.13. The molecular formula is C22H33IrN2O2-. The molecule has 1 aromatic heterocycles. The Morgan fingerprint density at radius 3 is 1.85 bits per heavy atom. The van der Waals surface area contributed by atoms with E-state index in [1.165, 1.54) is 0 Å². The van der Waals surface area contributed by atoms with E-state index in [1.54, 1.807) is 12.4 Å². The van der Waals surface area contributed by atoms with Gasteiger partial charge in [-0.3, -0.25) is 4.98 Å². The van der Waals surface area contributed by atoms with Crippen molar-refractivity contribution in [2.24, 2.45) is 10.8 Å². The van der Waals surface area contributed by atoms with E-state index in [1.807, 2.05) is 72.7 Å². The molecule has 0 aliphatic rings. The molecular weight excluding hydrogens is 516 g/mol. The molecule has 1 heterocycles. The molecule has 2 unspecified atom stereocenters. The zero-order valence-corrected chi connectivity index (χ0v) is 19.8. The summed E-state index contributed by atoms with van der Waals surface area (Å²) in [6, 6.07) is 10.9. The molecule has 1 radical (unpaired) electrons. The standard InChI is InChI=1S/C11H9N2.C11H24O2.Ir/c1-9-11(13-8-7-12-9)10-5-3-2-4-6-10;1-10(2,3)8(12)7-9(13)11(4,5)6;/h2-5,7-8H,1H3;8-9,12-13H,7H2,1-6H3;/q-1;;. The van der Waals surface area contributed by atoms with Crippen molar-refractivity contribution in [3.8, 4) is 11.3 Å². The summed E-state index contributed by atoms with van der Waals surface area (Å²) < 4.78 is 0. The van der Waals surface area contributed by atoms with Gasteiger partial charge in [0.2, 0.25) is 0 Å². The van der Waals surface area contributed by atoms with Crippen molar-refractivity contribution >= 4 is 0 Å². The minimum absolute atomic E-state index is 0. The number of nitrogens with zero attached hydrogens (tertiary/aromatic N) is 2. The summed E-state index contributed by atoms with van der Waals surface area (Å²) in [5.74, 6) is 0. The maximum absolute atomic E-state index is 9.76. The van der Waals surface area contributed by atoms with Crippen LogP contribution >= 0.6 is 0 Å². The minimum Gasteiger partial charge on any atom is -0.392 e. The van der Waals surface area contributed by atoms with Crippen LogP contribution in [0.5, 0.6) is 0 Å². The molecule has 0 aliphatic heterocycles. The Bertz CT molecular complexity index is 646. The van der Waals surface area contributed by atoms with E-state index in [0.29, 0.717) is 6.42 Å². The third-order valence-corrected chi connectivity index (χ3v) is 4.29. The Kier molecular flexibility index (Phi) is 10.6. The molecule has 4 nitrogen and oxygen atoms in total. The van der Waals surface area contributed by atoms with Crippen molar-refractivity contribution in [3.63, 3.8) is 0 Å². The number of aliphatic hydroxyl groups is 2. The Labute approximate surface area is 177 Å². The fourth-order valence-corrected chi connectivity index (χ4v) is 2.13. The number of benzene rings is 1. The van der Waals surface area contributed by atoms with Crippen LogP contribution in [-0.2, 0) is 20.1 Å². The molecule has 0 amide bonds. The van der Waals surface area contributed by atoms with Gasteiger partial charge in [0.25, 0.3) is 0 Å². The van der Waals surface area contributed by atoms with Crippen LogP contribution in [0.3, 0.4) is 0 Å². The molecule has 2 rings (SSSR count). The van der Waals surface area contributed by atoms with E-state index >= 15 is 0 Å². The zero-order valence-electron chi connectivity index (χ0n) is 17.4. The van der Waals surface area contributed by atoms with Crippen LogP contribution in [0.1, 0.15) is 53.7 Å². The van der Waals surface area contributed by atoms with E-state index in [0.717, 1.165) is 17.0 Å². The van der Waals surface area contributed by atoms with Gasteiger partial charge in [0.1, 0.15) is 0 Å². The van der Waals surface area contributed by atoms with Crippen molar-refractivity contribution in [1.82, 2.24) is 9.97 Å². The monoisotopic (exact) mass is 550 g/mol. The van der Waals surface area contributed by atoms with E-state index in [-0.39, 0.29) is 30.9 Å². The summed E-state index contributed by atoms with van der Waals surface area (Å²) in [6.07, 6.45) is 2.96. The number of aliphatic hydroxyl groups excluding tert-OH is 2. The van der Waals surface area contributed by atoms with Gasteiger partial charge in [-0.15, -0.1) is 35.9 Å². The second-order valence-electron chi connectivity index (χ2n) is 8.77. The average Bonchev–Trinajstić information content (AvgIpc) is 2.55. The molecule has 2 atom stereocenters. The smallest absolute Gasteiger partial charge is 0.0613 e. The molecule has 5 heteroatoms. The van der Waals surface area contributed by atoms with Gasteiger partial charge in [0.15, 0.2) is 0 Å². The van der Waals surface area contributed by atoms with Crippen molar-refractivity contribution in [2.75, 3.05) is 0 Å². The van der Waals surface area contributed by atoms with E-state index in [9.17, 15) is 10.2 Å². The predicted octanol–water partition coefficient (Wildman–Crippen LogP) is 4.44. The fourth-order valence-electron chi connectivity index (χ4n) is 2.13. The van der Waals surface area contributed by atoms with Crippen LogP contribution in [0.4, 0.5) is 0 Å². The summed E-state index contributed by atoms with van der Waals surface area (Å²) in [4.78, 5) is 8.43. The van der Waals surface area contributed by atoms with Crippen molar-refractivity contribution < 1.29 is 30.3 Å². The van der Waals surface area contributed by atoms with Gasteiger partial charge in [-0.2, -0.15) is 0 Å². The molecule has 153 valence electrons. The molecule has 0 spiro atoms. The molecule has 2 N–H and O–H groups in total. The third-order valence-electron chi connectivity index (χ3n) is 4.29. The molecule has 0 saturated heterocycles. The number of rotatable bonds is 3.